The fourth-order valence-corrected chi connectivity index (χ4v) is 3.88. The zero-order valence-electron chi connectivity index (χ0n) is 16.0. The number of thioether (sulfide) groups is 1. The highest BCUT2D eigenvalue weighted by atomic mass is 79.9. The van der Waals surface area contributed by atoms with Crippen LogP contribution in [0.25, 0.3) is 6.08 Å². The van der Waals surface area contributed by atoms with Gasteiger partial charge < -0.3 is 18.9 Å². The summed E-state index contributed by atoms with van der Waals surface area (Å²) in [4.78, 5) is 48.7. The highest BCUT2D eigenvalue weighted by Crippen LogP contribution is 2.39. The second-order valence-electron chi connectivity index (χ2n) is 5.65. The topological polar surface area (TPSA) is 108 Å². The third-order valence-electron chi connectivity index (χ3n) is 3.86. The summed E-state index contributed by atoms with van der Waals surface area (Å²) >= 11 is 4.05. The van der Waals surface area contributed by atoms with E-state index < -0.39 is 29.1 Å². The molecule has 1 saturated heterocycles. The number of amides is 2. The molecular weight excluding hydrogens is 470 g/mol. The minimum absolute atomic E-state index is 0.142. The van der Waals surface area contributed by atoms with Gasteiger partial charge in [0.25, 0.3) is 11.1 Å². The largest absolute Gasteiger partial charge is 0.493 e. The SMILES string of the molecule is COC(=O)COc1c(Br)cc(/C=C2/SC(=O)N([C@H](C)C(=O)OC)C2=O)cc1OC. The number of halogens is 1. The average Bonchev–Trinajstić information content (AvgIpc) is 2.98. The van der Waals surface area contributed by atoms with E-state index in [2.05, 4.69) is 25.4 Å². The van der Waals surface area contributed by atoms with E-state index in [1.165, 1.54) is 34.3 Å². The van der Waals surface area contributed by atoms with Crippen molar-refractivity contribution in [3.8, 4) is 11.5 Å². The zero-order valence-corrected chi connectivity index (χ0v) is 18.4. The standard InChI is InChI=1S/C18H18BrNO8S/c1-9(17(23)27-4)20-16(22)13(29-18(20)24)7-10-5-11(19)15(12(6-10)25-2)28-8-14(21)26-3/h5-7,9H,8H2,1-4H3/b13-7+/t9-/m1/s1. The predicted octanol–water partition coefficient (Wildman–Crippen LogP) is 2.61. The van der Waals surface area contributed by atoms with Gasteiger partial charge in [0.15, 0.2) is 18.1 Å². The second kappa shape index (κ2) is 9.79. The first-order chi connectivity index (χ1) is 13.7. The molecule has 29 heavy (non-hydrogen) atoms. The summed E-state index contributed by atoms with van der Waals surface area (Å²) in [7, 11) is 3.85. The molecule has 1 aromatic rings. The fraction of sp³-hybridized carbons (Fsp3) is 0.333. The third-order valence-corrected chi connectivity index (χ3v) is 5.34. The maximum atomic E-state index is 12.6. The summed E-state index contributed by atoms with van der Waals surface area (Å²) in [6.45, 7) is 1.10. The third kappa shape index (κ3) is 5.10. The Hall–Kier alpha value is -2.53. The summed E-state index contributed by atoms with van der Waals surface area (Å²) in [6, 6.07) is 2.18. The smallest absolute Gasteiger partial charge is 0.343 e. The quantitative estimate of drug-likeness (QED) is 0.423. The lowest BCUT2D eigenvalue weighted by Crippen LogP contribution is -2.42. The highest BCUT2D eigenvalue weighted by Gasteiger charge is 2.41. The van der Waals surface area contributed by atoms with Crippen molar-refractivity contribution in [1.29, 1.82) is 0 Å². The first-order valence-corrected chi connectivity index (χ1v) is 9.76. The Morgan fingerprint density at radius 3 is 2.48 bits per heavy atom. The zero-order chi connectivity index (χ0) is 21.7. The molecular formula is C18H18BrNO8S. The van der Waals surface area contributed by atoms with Crippen LogP contribution in [0.15, 0.2) is 21.5 Å². The Morgan fingerprint density at radius 1 is 1.21 bits per heavy atom. The molecule has 0 radical (unpaired) electrons. The van der Waals surface area contributed by atoms with Gasteiger partial charge in [0.2, 0.25) is 0 Å². The summed E-state index contributed by atoms with van der Waals surface area (Å²) < 4.78 is 20.3. The minimum atomic E-state index is -1.03. The number of carbonyl (C=O) groups excluding carboxylic acids is 4. The van der Waals surface area contributed by atoms with Gasteiger partial charge in [-0.1, -0.05) is 0 Å². The maximum absolute atomic E-state index is 12.6. The Balaban J connectivity index is 2.31. The van der Waals surface area contributed by atoms with E-state index in [-0.39, 0.29) is 17.3 Å². The Kier molecular flexibility index (Phi) is 7.68. The summed E-state index contributed by atoms with van der Waals surface area (Å²) in [5.41, 5.74) is 0.537. The molecule has 0 bridgehead atoms. The number of hydrogen-bond donors (Lipinski definition) is 0. The molecule has 0 N–H and O–H groups in total. The van der Waals surface area contributed by atoms with Crippen molar-refractivity contribution < 1.29 is 38.1 Å². The number of nitrogens with zero attached hydrogens (tertiary/aromatic N) is 1. The Morgan fingerprint density at radius 2 is 1.90 bits per heavy atom. The van der Waals surface area contributed by atoms with Crippen LogP contribution in [0.5, 0.6) is 11.5 Å². The molecule has 1 aliphatic rings. The molecule has 1 heterocycles. The maximum Gasteiger partial charge on any atom is 0.343 e. The second-order valence-corrected chi connectivity index (χ2v) is 7.50. The minimum Gasteiger partial charge on any atom is -0.493 e. The van der Waals surface area contributed by atoms with Gasteiger partial charge in [-0.25, -0.2) is 9.59 Å². The van der Waals surface area contributed by atoms with Gasteiger partial charge >= 0.3 is 11.9 Å². The molecule has 0 aliphatic carbocycles. The summed E-state index contributed by atoms with van der Waals surface area (Å²) in [5, 5.41) is -0.566. The van der Waals surface area contributed by atoms with Gasteiger partial charge in [-0.15, -0.1) is 0 Å². The van der Waals surface area contributed by atoms with Gasteiger partial charge in [-0.3, -0.25) is 14.5 Å². The molecule has 0 aromatic heterocycles. The highest BCUT2D eigenvalue weighted by molar-refractivity contribution is 9.10. The molecule has 0 unspecified atom stereocenters. The van der Waals surface area contributed by atoms with Crippen molar-refractivity contribution in [3.63, 3.8) is 0 Å². The summed E-state index contributed by atoms with van der Waals surface area (Å²) in [6.07, 6.45) is 1.49. The van der Waals surface area contributed by atoms with Crippen molar-refractivity contribution in [3.05, 3.63) is 27.1 Å². The van der Waals surface area contributed by atoms with Gasteiger partial charge in [-0.05, 0) is 58.4 Å². The van der Waals surface area contributed by atoms with Crippen LogP contribution >= 0.6 is 27.7 Å². The Bertz CT molecular complexity index is 885. The van der Waals surface area contributed by atoms with Gasteiger partial charge in [0.1, 0.15) is 6.04 Å². The number of rotatable bonds is 7. The van der Waals surface area contributed by atoms with Crippen LogP contribution < -0.4 is 9.47 Å². The van der Waals surface area contributed by atoms with Crippen molar-refractivity contribution >= 4 is 56.9 Å². The molecule has 9 nitrogen and oxygen atoms in total. The van der Waals surface area contributed by atoms with Crippen molar-refractivity contribution in [2.75, 3.05) is 27.9 Å². The molecule has 0 spiro atoms. The van der Waals surface area contributed by atoms with E-state index in [4.69, 9.17) is 9.47 Å². The first-order valence-electron chi connectivity index (χ1n) is 8.15. The van der Waals surface area contributed by atoms with E-state index in [0.717, 1.165) is 4.90 Å². The lowest BCUT2D eigenvalue weighted by Gasteiger charge is -2.18. The van der Waals surface area contributed by atoms with Crippen LogP contribution in [0, 0.1) is 0 Å². The molecule has 1 aromatic carbocycles. The van der Waals surface area contributed by atoms with E-state index in [1.807, 2.05) is 0 Å². The van der Waals surface area contributed by atoms with Crippen molar-refractivity contribution in [1.82, 2.24) is 4.90 Å². The normalized spacial score (nSPS) is 16.0. The molecule has 11 heteroatoms. The molecule has 156 valence electrons. The summed E-state index contributed by atoms with van der Waals surface area (Å²) in [5.74, 6) is -1.26. The van der Waals surface area contributed by atoms with Crippen LogP contribution in [0.4, 0.5) is 4.79 Å². The van der Waals surface area contributed by atoms with E-state index in [0.29, 0.717) is 27.5 Å². The van der Waals surface area contributed by atoms with Gasteiger partial charge in [0.05, 0.1) is 30.7 Å². The molecule has 0 saturated carbocycles. The van der Waals surface area contributed by atoms with E-state index in [9.17, 15) is 19.2 Å². The van der Waals surface area contributed by atoms with Crippen LogP contribution in [-0.4, -0.2) is 62.0 Å². The predicted molar refractivity (Wildman–Crippen MR) is 107 cm³/mol. The monoisotopic (exact) mass is 487 g/mol. The molecule has 1 aliphatic heterocycles. The molecule has 2 rings (SSSR count). The Labute approximate surface area is 179 Å². The lowest BCUT2D eigenvalue weighted by atomic mass is 10.1. The van der Waals surface area contributed by atoms with Gasteiger partial charge in [0, 0.05) is 0 Å². The van der Waals surface area contributed by atoms with Crippen LogP contribution in [0.1, 0.15) is 12.5 Å². The van der Waals surface area contributed by atoms with Crippen molar-refractivity contribution in [2.45, 2.75) is 13.0 Å². The number of carbonyl (C=O) groups is 4. The number of benzene rings is 1. The number of ether oxygens (including phenoxy) is 4. The van der Waals surface area contributed by atoms with E-state index >= 15 is 0 Å². The molecule has 1 atom stereocenters. The number of hydrogen-bond acceptors (Lipinski definition) is 9. The molecule has 2 amide bonds. The first kappa shape index (κ1) is 22.8. The number of esters is 2. The van der Waals surface area contributed by atoms with E-state index in [1.54, 1.807) is 12.1 Å². The van der Waals surface area contributed by atoms with Gasteiger partial charge in [-0.2, -0.15) is 0 Å². The van der Waals surface area contributed by atoms with Crippen LogP contribution in [-0.2, 0) is 23.9 Å². The fourth-order valence-electron chi connectivity index (χ4n) is 2.39. The molecule has 1 fully saturated rings. The van der Waals surface area contributed by atoms with Crippen LogP contribution in [0.3, 0.4) is 0 Å². The van der Waals surface area contributed by atoms with Crippen LogP contribution in [0.2, 0.25) is 0 Å². The van der Waals surface area contributed by atoms with Crippen molar-refractivity contribution in [2.24, 2.45) is 0 Å². The lowest BCUT2D eigenvalue weighted by molar-refractivity contribution is -0.148. The number of imide groups is 1. The average molecular weight is 488 g/mol. The number of methoxy groups -OCH3 is 3.